The first-order valence-electron chi connectivity index (χ1n) is 8.53. The summed E-state index contributed by atoms with van der Waals surface area (Å²) in [5, 5.41) is 4.21. The van der Waals surface area contributed by atoms with Crippen LogP contribution in [0.1, 0.15) is 55.7 Å². The molecule has 0 bridgehead atoms. The second kappa shape index (κ2) is 7.26. The van der Waals surface area contributed by atoms with Crippen molar-refractivity contribution in [2.75, 3.05) is 20.8 Å². The van der Waals surface area contributed by atoms with Gasteiger partial charge in [0.2, 0.25) is 0 Å². The highest BCUT2D eigenvalue weighted by molar-refractivity contribution is 5.42. The number of ether oxygens (including phenoxy) is 2. The fraction of sp³-hybridized carbons (Fsp3) is 0.526. The molecule has 0 spiro atoms. The lowest BCUT2D eigenvalue weighted by molar-refractivity contribution is 0.206. The molecule has 0 amide bonds. The van der Waals surface area contributed by atoms with Crippen molar-refractivity contribution in [1.82, 2.24) is 10.1 Å². The Kier molecular flexibility index (Phi) is 5.09. The van der Waals surface area contributed by atoms with Gasteiger partial charge in [0.05, 0.1) is 26.0 Å². The van der Waals surface area contributed by atoms with Gasteiger partial charge >= 0.3 is 0 Å². The van der Waals surface area contributed by atoms with Crippen LogP contribution in [0.25, 0.3) is 0 Å². The Hall–Kier alpha value is -2.01. The Balaban J connectivity index is 1.76. The minimum atomic E-state index is 0.304. The van der Waals surface area contributed by atoms with Crippen LogP contribution in [0.2, 0.25) is 0 Å². The van der Waals surface area contributed by atoms with E-state index in [2.05, 4.69) is 36.0 Å². The Bertz CT molecular complexity index is 681. The third-order valence-corrected chi connectivity index (χ3v) is 4.66. The summed E-state index contributed by atoms with van der Waals surface area (Å²) in [4.78, 5) is 2.45. The molecular weight excluding hydrogens is 304 g/mol. The zero-order chi connectivity index (χ0) is 17.1. The van der Waals surface area contributed by atoms with E-state index < -0.39 is 0 Å². The van der Waals surface area contributed by atoms with Crippen molar-refractivity contribution in [3.63, 3.8) is 0 Å². The molecule has 5 heteroatoms. The molecule has 0 saturated carbocycles. The first-order valence-corrected chi connectivity index (χ1v) is 8.53. The number of benzene rings is 1. The van der Waals surface area contributed by atoms with E-state index in [0.717, 1.165) is 42.5 Å². The summed E-state index contributed by atoms with van der Waals surface area (Å²) in [6.45, 7) is 6.20. The SMILES string of the molecule is COc1ccc(CN2CCCC2c2cc(C(C)C)no2)cc1OC. The number of methoxy groups -OCH3 is 2. The number of rotatable bonds is 6. The topological polar surface area (TPSA) is 47.7 Å². The molecule has 5 nitrogen and oxygen atoms in total. The summed E-state index contributed by atoms with van der Waals surface area (Å²) >= 11 is 0. The molecule has 24 heavy (non-hydrogen) atoms. The second-order valence-electron chi connectivity index (χ2n) is 6.63. The van der Waals surface area contributed by atoms with Gasteiger partial charge in [-0.3, -0.25) is 4.90 Å². The Morgan fingerprint density at radius 3 is 2.67 bits per heavy atom. The highest BCUT2D eigenvalue weighted by Crippen LogP contribution is 2.35. The molecule has 0 aliphatic carbocycles. The highest BCUT2D eigenvalue weighted by atomic mass is 16.5. The van der Waals surface area contributed by atoms with E-state index in [-0.39, 0.29) is 0 Å². The van der Waals surface area contributed by atoms with Crippen LogP contribution in [0.15, 0.2) is 28.8 Å². The molecule has 1 aliphatic rings. The molecule has 3 rings (SSSR count). The van der Waals surface area contributed by atoms with Crippen molar-refractivity contribution in [3.8, 4) is 11.5 Å². The zero-order valence-corrected chi connectivity index (χ0v) is 14.9. The maximum absolute atomic E-state index is 5.62. The van der Waals surface area contributed by atoms with Gasteiger partial charge in [0.25, 0.3) is 0 Å². The number of hydrogen-bond donors (Lipinski definition) is 0. The van der Waals surface area contributed by atoms with Gasteiger partial charge in [0, 0.05) is 12.6 Å². The van der Waals surface area contributed by atoms with E-state index in [1.807, 2.05) is 12.1 Å². The van der Waals surface area contributed by atoms with E-state index in [4.69, 9.17) is 14.0 Å². The van der Waals surface area contributed by atoms with Crippen LogP contribution in [-0.4, -0.2) is 30.8 Å². The average Bonchev–Trinajstić information content (AvgIpc) is 3.23. The fourth-order valence-corrected chi connectivity index (χ4v) is 3.28. The lowest BCUT2D eigenvalue weighted by atomic mass is 10.1. The van der Waals surface area contributed by atoms with E-state index in [1.165, 1.54) is 12.0 Å². The van der Waals surface area contributed by atoms with E-state index in [1.54, 1.807) is 14.2 Å². The number of aromatic nitrogens is 1. The Labute approximate surface area is 143 Å². The molecule has 130 valence electrons. The van der Waals surface area contributed by atoms with Crippen molar-refractivity contribution < 1.29 is 14.0 Å². The summed E-state index contributed by atoms with van der Waals surface area (Å²) in [5.41, 5.74) is 2.24. The van der Waals surface area contributed by atoms with Gasteiger partial charge in [-0.25, -0.2) is 0 Å². The van der Waals surface area contributed by atoms with Gasteiger partial charge in [-0.15, -0.1) is 0 Å². The third kappa shape index (κ3) is 3.41. The monoisotopic (exact) mass is 330 g/mol. The van der Waals surface area contributed by atoms with Gasteiger partial charge in [-0.2, -0.15) is 0 Å². The van der Waals surface area contributed by atoms with Crippen molar-refractivity contribution in [3.05, 3.63) is 41.3 Å². The minimum absolute atomic E-state index is 0.304. The molecule has 2 heterocycles. The summed E-state index contributed by atoms with van der Waals surface area (Å²) < 4.78 is 16.3. The standard InChI is InChI=1S/C19H26N2O3/c1-13(2)15-11-18(24-20-15)16-6-5-9-21(16)12-14-7-8-17(22-3)19(10-14)23-4/h7-8,10-11,13,16H,5-6,9,12H2,1-4H3. The maximum atomic E-state index is 5.62. The number of nitrogens with zero attached hydrogens (tertiary/aromatic N) is 2. The van der Waals surface area contributed by atoms with Crippen LogP contribution in [0.5, 0.6) is 11.5 Å². The van der Waals surface area contributed by atoms with Crippen molar-refractivity contribution in [1.29, 1.82) is 0 Å². The number of likely N-dealkylation sites (tertiary alicyclic amines) is 1. The van der Waals surface area contributed by atoms with Crippen LogP contribution in [0.4, 0.5) is 0 Å². The molecule has 1 unspecified atom stereocenters. The Morgan fingerprint density at radius 1 is 1.21 bits per heavy atom. The molecule has 1 aromatic carbocycles. The minimum Gasteiger partial charge on any atom is -0.493 e. The van der Waals surface area contributed by atoms with Gasteiger partial charge in [0.15, 0.2) is 17.3 Å². The van der Waals surface area contributed by atoms with Gasteiger partial charge in [0.1, 0.15) is 0 Å². The normalized spacial score (nSPS) is 18.3. The van der Waals surface area contributed by atoms with Gasteiger partial charge < -0.3 is 14.0 Å². The first kappa shape index (κ1) is 16.8. The van der Waals surface area contributed by atoms with E-state index >= 15 is 0 Å². The molecule has 2 aromatic rings. The van der Waals surface area contributed by atoms with Crippen molar-refractivity contribution in [2.24, 2.45) is 0 Å². The third-order valence-electron chi connectivity index (χ3n) is 4.66. The van der Waals surface area contributed by atoms with Crippen LogP contribution < -0.4 is 9.47 Å². The van der Waals surface area contributed by atoms with Crippen molar-refractivity contribution in [2.45, 2.75) is 45.2 Å². The molecule has 1 atom stereocenters. The van der Waals surface area contributed by atoms with E-state index in [0.29, 0.717) is 12.0 Å². The molecular formula is C19H26N2O3. The fourth-order valence-electron chi connectivity index (χ4n) is 3.28. The van der Waals surface area contributed by atoms with Gasteiger partial charge in [-0.05, 0) is 43.0 Å². The lowest BCUT2D eigenvalue weighted by Gasteiger charge is -2.22. The molecule has 1 saturated heterocycles. The summed E-state index contributed by atoms with van der Waals surface area (Å²) in [6, 6.07) is 8.52. The average molecular weight is 330 g/mol. The molecule has 0 radical (unpaired) electrons. The largest absolute Gasteiger partial charge is 0.493 e. The van der Waals surface area contributed by atoms with Crippen LogP contribution >= 0.6 is 0 Å². The predicted molar refractivity (Wildman–Crippen MR) is 92.5 cm³/mol. The summed E-state index contributed by atoms with van der Waals surface area (Å²) in [6.07, 6.45) is 2.29. The maximum Gasteiger partial charge on any atom is 0.161 e. The molecule has 1 aromatic heterocycles. The number of hydrogen-bond acceptors (Lipinski definition) is 5. The summed E-state index contributed by atoms with van der Waals surface area (Å²) in [5.74, 6) is 2.91. The van der Waals surface area contributed by atoms with Crippen LogP contribution in [-0.2, 0) is 6.54 Å². The summed E-state index contributed by atoms with van der Waals surface area (Å²) in [7, 11) is 3.33. The van der Waals surface area contributed by atoms with Gasteiger partial charge in [-0.1, -0.05) is 25.1 Å². The first-order chi connectivity index (χ1) is 11.6. The Morgan fingerprint density at radius 2 is 2.00 bits per heavy atom. The van der Waals surface area contributed by atoms with Crippen molar-refractivity contribution >= 4 is 0 Å². The van der Waals surface area contributed by atoms with E-state index in [9.17, 15) is 0 Å². The lowest BCUT2D eigenvalue weighted by Crippen LogP contribution is -2.22. The zero-order valence-electron chi connectivity index (χ0n) is 14.9. The van der Waals surface area contributed by atoms with Crippen LogP contribution in [0.3, 0.4) is 0 Å². The smallest absolute Gasteiger partial charge is 0.161 e. The molecule has 0 N–H and O–H groups in total. The van der Waals surface area contributed by atoms with Crippen LogP contribution in [0, 0.1) is 0 Å². The molecule has 1 aliphatic heterocycles. The second-order valence-corrected chi connectivity index (χ2v) is 6.63. The molecule has 1 fully saturated rings. The quantitative estimate of drug-likeness (QED) is 0.796. The predicted octanol–water partition coefficient (Wildman–Crippen LogP) is 4.15. The highest BCUT2D eigenvalue weighted by Gasteiger charge is 2.29.